The lowest BCUT2D eigenvalue weighted by Gasteiger charge is -2.16. The Hall–Kier alpha value is -0.570. The van der Waals surface area contributed by atoms with Crippen LogP contribution in [0, 0.1) is 0 Å². The van der Waals surface area contributed by atoms with Gasteiger partial charge in [0, 0.05) is 11.1 Å². The van der Waals surface area contributed by atoms with Crippen molar-refractivity contribution >= 4 is 11.6 Å². The minimum atomic E-state index is -0.471. The molecule has 1 aromatic rings. The molecule has 0 saturated heterocycles. The molecular weight excluding hydrogens is 198 g/mol. The van der Waals surface area contributed by atoms with Gasteiger partial charge < -0.3 is 10.8 Å². The van der Waals surface area contributed by atoms with Crippen LogP contribution in [0.15, 0.2) is 24.3 Å². The largest absolute Gasteiger partial charge is 0.391 e. The maximum atomic E-state index is 9.68. The summed E-state index contributed by atoms with van der Waals surface area (Å²) in [7, 11) is 0. The van der Waals surface area contributed by atoms with Gasteiger partial charge in [-0.1, -0.05) is 30.7 Å². The standard InChI is InChI=1S/C11H16ClNO/c1-2-10(13)11(14)7-8-3-5-9(12)6-4-8/h3-6,10-11,14H,2,7,13H2,1H3. The third kappa shape index (κ3) is 3.29. The number of aliphatic hydroxyl groups excluding tert-OH is 1. The van der Waals surface area contributed by atoms with Crippen molar-refractivity contribution in [2.24, 2.45) is 5.73 Å². The van der Waals surface area contributed by atoms with Crippen LogP contribution in [-0.4, -0.2) is 17.3 Å². The van der Waals surface area contributed by atoms with E-state index in [0.717, 1.165) is 12.0 Å². The van der Waals surface area contributed by atoms with E-state index in [1.54, 1.807) is 0 Å². The number of rotatable bonds is 4. The minimum Gasteiger partial charge on any atom is -0.391 e. The first-order chi connectivity index (χ1) is 6.63. The van der Waals surface area contributed by atoms with Gasteiger partial charge in [0.05, 0.1) is 6.10 Å². The second-order valence-corrected chi connectivity index (χ2v) is 3.91. The Morgan fingerprint density at radius 3 is 2.43 bits per heavy atom. The molecule has 0 aliphatic carbocycles. The maximum absolute atomic E-state index is 9.68. The first kappa shape index (κ1) is 11.5. The van der Waals surface area contributed by atoms with Crippen LogP contribution >= 0.6 is 11.6 Å². The van der Waals surface area contributed by atoms with Crippen LogP contribution in [0.2, 0.25) is 5.02 Å². The summed E-state index contributed by atoms with van der Waals surface area (Å²) in [5, 5.41) is 10.4. The Bertz CT molecular complexity index is 273. The van der Waals surface area contributed by atoms with E-state index in [-0.39, 0.29) is 6.04 Å². The van der Waals surface area contributed by atoms with Crippen molar-refractivity contribution in [2.75, 3.05) is 0 Å². The molecule has 0 saturated carbocycles. The third-order valence-corrected chi connectivity index (χ3v) is 2.58. The molecule has 0 heterocycles. The molecule has 0 spiro atoms. The van der Waals surface area contributed by atoms with Gasteiger partial charge in [-0.25, -0.2) is 0 Å². The van der Waals surface area contributed by atoms with Gasteiger partial charge in [0.1, 0.15) is 0 Å². The zero-order chi connectivity index (χ0) is 10.6. The van der Waals surface area contributed by atoms with E-state index < -0.39 is 6.10 Å². The van der Waals surface area contributed by atoms with Crippen molar-refractivity contribution in [3.8, 4) is 0 Å². The SMILES string of the molecule is CCC(N)C(O)Cc1ccc(Cl)cc1. The molecule has 0 amide bonds. The molecule has 0 bridgehead atoms. The topological polar surface area (TPSA) is 46.2 Å². The summed E-state index contributed by atoms with van der Waals surface area (Å²) in [6.45, 7) is 1.97. The summed E-state index contributed by atoms with van der Waals surface area (Å²) in [6.07, 6.45) is 0.905. The third-order valence-electron chi connectivity index (χ3n) is 2.32. The average molecular weight is 214 g/mol. The maximum Gasteiger partial charge on any atom is 0.0731 e. The molecule has 3 heteroatoms. The Balaban J connectivity index is 2.56. The normalized spacial score (nSPS) is 15.1. The summed E-state index contributed by atoms with van der Waals surface area (Å²) in [4.78, 5) is 0. The molecule has 2 atom stereocenters. The van der Waals surface area contributed by atoms with Gasteiger partial charge in [0.25, 0.3) is 0 Å². The van der Waals surface area contributed by atoms with Gasteiger partial charge in [-0.15, -0.1) is 0 Å². The summed E-state index contributed by atoms with van der Waals surface area (Å²) in [5.41, 5.74) is 6.78. The van der Waals surface area contributed by atoms with Crippen molar-refractivity contribution in [2.45, 2.75) is 31.9 Å². The molecule has 0 radical (unpaired) electrons. The molecule has 0 aliphatic heterocycles. The number of aliphatic hydroxyl groups is 1. The molecule has 1 aromatic carbocycles. The lowest BCUT2D eigenvalue weighted by atomic mass is 10.0. The van der Waals surface area contributed by atoms with Crippen LogP contribution in [0.5, 0.6) is 0 Å². The highest BCUT2D eigenvalue weighted by molar-refractivity contribution is 6.30. The fourth-order valence-electron chi connectivity index (χ4n) is 1.29. The van der Waals surface area contributed by atoms with Crippen LogP contribution in [0.4, 0.5) is 0 Å². The molecule has 78 valence electrons. The van der Waals surface area contributed by atoms with Crippen LogP contribution in [-0.2, 0) is 6.42 Å². The Kier molecular flexibility index (Phi) is 4.39. The highest BCUT2D eigenvalue weighted by Gasteiger charge is 2.12. The fourth-order valence-corrected chi connectivity index (χ4v) is 1.41. The van der Waals surface area contributed by atoms with Crippen molar-refractivity contribution in [1.82, 2.24) is 0 Å². The number of benzene rings is 1. The molecule has 2 nitrogen and oxygen atoms in total. The van der Waals surface area contributed by atoms with Crippen molar-refractivity contribution in [3.63, 3.8) is 0 Å². The van der Waals surface area contributed by atoms with E-state index >= 15 is 0 Å². The lowest BCUT2D eigenvalue weighted by Crippen LogP contribution is -2.35. The van der Waals surface area contributed by atoms with Crippen molar-refractivity contribution < 1.29 is 5.11 Å². The van der Waals surface area contributed by atoms with E-state index in [0.29, 0.717) is 11.4 Å². The minimum absolute atomic E-state index is 0.148. The van der Waals surface area contributed by atoms with Gasteiger partial charge >= 0.3 is 0 Å². The average Bonchev–Trinajstić information content (AvgIpc) is 2.20. The van der Waals surface area contributed by atoms with Gasteiger partial charge in [0.2, 0.25) is 0 Å². The summed E-state index contributed by atoms with van der Waals surface area (Å²) < 4.78 is 0. The quantitative estimate of drug-likeness (QED) is 0.804. The number of nitrogens with two attached hydrogens (primary N) is 1. The first-order valence-electron chi connectivity index (χ1n) is 4.81. The van der Waals surface area contributed by atoms with Gasteiger partial charge in [0.15, 0.2) is 0 Å². The number of hydrogen-bond donors (Lipinski definition) is 2. The fraction of sp³-hybridized carbons (Fsp3) is 0.455. The second kappa shape index (κ2) is 5.35. The smallest absolute Gasteiger partial charge is 0.0731 e. The van der Waals surface area contributed by atoms with E-state index in [2.05, 4.69) is 0 Å². The Morgan fingerprint density at radius 2 is 1.93 bits per heavy atom. The molecule has 3 N–H and O–H groups in total. The van der Waals surface area contributed by atoms with E-state index in [1.807, 2.05) is 31.2 Å². The number of hydrogen-bond acceptors (Lipinski definition) is 2. The zero-order valence-electron chi connectivity index (χ0n) is 8.28. The van der Waals surface area contributed by atoms with Crippen LogP contribution in [0.25, 0.3) is 0 Å². The van der Waals surface area contributed by atoms with E-state index in [4.69, 9.17) is 17.3 Å². The molecule has 0 aliphatic rings. The molecule has 0 aromatic heterocycles. The monoisotopic (exact) mass is 213 g/mol. The second-order valence-electron chi connectivity index (χ2n) is 3.47. The Morgan fingerprint density at radius 1 is 1.36 bits per heavy atom. The molecular formula is C11H16ClNO. The highest BCUT2D eigenvalue weighted by Crippen LogP contribution is 2.12. The lowest BCUT2D eigenvalue weighted by molar-refractivity contribution is 0.142. The summed E-state index contributed by atoms with van der Waals surface area (Å²) >= 11 is 5.75. The predicted molar refractivity (Wildman–Crippen MR) is 59.4 cm³/mol. The predicted octanol–water partition coefficient (Wildman–Crippen LogP) is 1.98. The first-order valence-corrected chi connectivity index (χ1v) is 5.19. The van der Waals surface area contributed by atoms with E-state index in [1.165, 1.54) is 0 Å². The molecule has 0 fully saturated rings. The van der Waals surface area contributed by atoms with Crippen molar-refractivity contribution in [1.29, 1.82) is 0 Å². The summed E-state index contributed by atoms with van der Waals surface area (Å²) in [6, 6.07) is 7.31. The summed E-state index contributed by atoms with van der Waals surface area (Å²) in [5.74, 6) is 0. The van der Waals surface area contributed by atoms with Gasteiger partial charge in [-0.2, -0.15) is 0 Å². The molecule has 14 heavy (non-hydrogen) atoms. The van der Waals surface area contributed by atoms with Gasteiger partial charge in [-0.05, 0) is 30.5 Å². The van der Waals surface area contributed by atoms with Gasteiger partial charge in [-0.3, -0.25) is 0 Å². The molecule has 2 unspecified atom stereocenters. The molecule has 1 rings (SSSR count). The van der Waals surface area contributed by atoms with Crippen LogP contribution < -0.4 is 5.73 Å². The Labute approximate surface area is 89.7 Å². The zero-order valence-corrected chi connectivity index (χ0v) is 9.04. The number of halogens is 1. The van der Waals surface area contributed by atoms with Crippen molar-refractivity contribution in [3.05, 3.63) is 34.9 Å². The van der Waals surface area contributed by atoms with E-state index in [9.17, 15) is 5.11 Å². The highest BCUT2D eigenvalue weighted by atomic mass is 35.5. The van der Waals surface area contributed by atoms with Crippen LogP contribution in [0.3, 0.4) is 0 Å². The van der Waals surface area contributed by atoms with Crippen LogP contribution in [0.1, 0.15) is 18.9 Å².